The number of hydrogen-bond donors (Lipinski definition) is 1. The number of benzene rings is 3. The first kappa shape index (κ1) is 23.3. The summed E-state index contributed by atoms with van der Waals surface area (Å²) in [4.78, 5) is 3.48. The molecule has 1 heterocycles. The van der Waals surface area contributed by atoms with E-state index in [1.54, 1.807) is 28.0 Å². The van der Waals surface area contributed by atoms with Gasteiger partial charge in [0, 0.05) is 49.6 Å². The Hall–Kier alpha value is -2.88. The van der Waals surface area contributed by atoms with Gasteiger partial charge in [0.2, 0.25) is 0 Å². The van der Waals surface area contributed by atoms with Crippen LogP contribution >= 0.6 is 0 Å². The molecule has 5 nitrogen and oxygen atoms in total. The van der Waals surface area contributed by atoms with E-state index in [1.165, 1.54) is 36.4 Å². The molecule has 0 amide bonds. The lowest BCUT2D eigenvalue weighted by Gasteiger charge is -2.39. The van der Waals surface area contributed by atoms with Crippen LogP contribution in [-0.2, 0) is 9.84 Å². The van der Waals surface area contributed by atoms with Gasteiger partial charge in [-0.25, -0.2) is 21.6 Å². The smallest absolute Gasteiger partial charge is 0.175 e. The van der Waals surface area contributed by atoms with Gasteiger partial charge in [-0.05, 0) is 35.9 Å². The van der Waals surface area contributed by atoms with Crippen molar-refractivity contribution in [2.45, 2.75) is 11.1 Å². The zero-order valence-electron chi connectivity index (χ0n) is 17.9. The van der Waals surface area contributed by atoms with Gasteiger partial charge in [-0.15, -0.1) is 0 Å². The fourth-order valence-corrected chi connectivity index (χ4v) is 4.71. The molecule has 0 aromatic heterocycles. The third-order valence-corrected chi connectivity index (χ3v) is 6.91. The number of piperazine rings is 1. The SMILES string of the molecule is CS(=O)(=O)c1ccc(-c2ccccc2F)c(C(O)N2CCN(c3ccc(F)cc3F)CC2)c1. The molecule has 1 N–H and O–H groups in total. The van der Waals surface area contributed by atoms with Gasteiger partial charge in [0.05, 0.1) is 10.6 Å². The van der Waals surface area contributed by atoms with E-state index in [2.05, 4.69) is 0 Å². The van der Waals surface area contributed by atoms with Crippen LogP contribution in [0, 0.1) is 17.5 Å². The van der Waals surface area contributed by atoms with Crippen LogP contribution in [0.25, 0.3) is 11.1 Å². The Morgan fingerprint density at radius 3 is 2.18 bits per heavy atom. The van der Waals surface area contributed by atoms with Gasteiger partial charge in [0.1, 0.15) is 23.7 Å². The largest absolute Gasteiger partial charge is 0.374 e. The summed E-state index contributed by atoms with van der Waals surface area (Å²) in [5.41, 5.74) is 1.18. The van der Waals surface area contributed by atoms with Crippen LogP contribution in [0.15, 0.2) is 65.6 Å². The molecule has 0 bridgehead atoms. The van der Waals surface area contributed by atoms with Crippen molar-refractivity contribution < 1.29 is 26.7 Å². The summed E-state index contributed by atoms with van der Waals surface area (Å²) in [5.74, 6) is -1.81. The molecule has 0 aliphatic carbocycles. The van der Waals surface area contributed by atoms with Crippen LogP contribution in [0.2, 0.25) is 0 Å². The normalized spacial score (nSPS) is 16.1. The Labute approximate surface area is 190 Å². The highest BCUT2D eigenvalue weighted by molar-refractivity contribution is 7.90. The summed E-state index contributed by atoms with van der Waals surface area (Å²) in [6.45, 7) is 1.39. The highest BCUT2D eigenvalue weighted by atomic mass is 32.2. The number of hydrogen-bond acceptors (Lipinski definition) is 5. The topological polar surface area (TPSA) is 60.9 Å². The fourth-order valence-electron chi connectivity index (χ4n) is 4.05. The number of anilines is 1. The molecule has 1 aliphatic heterocycles. The molecule has 1 atom stereocenters. The van der Waals surface area contributed by atoms with Crippen LogP contribution in [-0.4, -0.2) is 50.9 Å². The molecule has 0 radical (unpaired) electrons. The van der Waals surface area contributed by atoms with Gasteiger partial charge < -0.3 is 10.0 Å². The Morgan fingerprint density at radius 2 is 1.55 bits per heavy atom. The van der Waals surface area contributed by atoms with Gasteiger partial charge >= 0.3 is 0 Å². The minimum absolute atomic E-state index is 0.0173. The van der Waals surface area contributed by atoms with E-state index in [-0.39, 0.29) is 21.7 Å². The molecule has 4 rings (SSSR count). The lowest BCUT2D eigenvalue weighted by Crippen LogP contribution is -2.48. The Bertz CT molecular complexity index is 1280. The summed E-state index contributed by atoms with van der Waals surface area (Å²) >= 11 is 0. The molecule has 1 aliphatic rings. The molecule has 0 spiro atoms. The molecule has 33 heavy (non-hydrogen) atoms. The van der Waals surface area contributed by atoms with Crippen LogP contribution in [0.3, 0.4) is 0 Å². The number of aliphatic hydroxyl groups is 1. The van der Waals surface area contributed by atoms with E-state index < -0.39 is 33.5 Å². The fraction of sp³-hybridized carbons (Fsp3) is 0.250. The van der Waals surface area contributed by atoms with Gasteiger partial charge in [0.25, 0.3) is 0 Å². The standard InChI is InChI=1S/C24H23F3N2O3S/c1-33(31,32)17-7-8-18(19-4-2-3-5-21(19)26)20(15-17)24(30)29-12-10-28(11-13-29)23-9-6-16(25)14-22(23)27/h2-9,14-15,24,30H,10-13H2,1H3. The maximum Gasteiger partial charge on any atom is 0.175 e. The van der Waals surface area contributed by atoms with Crippen LogP contribution in [0.1, 0.15) is 11.8 Å². The first-order valence-corrected chi connectivity index (χ1v) is 12.3. The van der Waals surface area contributed by atoms with Crippen molar-refractivity contribution in [1.82, 2.24) is 4.90 Å². The van der Waals surface area contributed by atoms with E-state index >= 15 is 0 Å². The Kier molecular flexibility index (Phi) is 6.47. The number of nitrogens with zero attached hydrogens (tertiary/aromatic N) is 2. The lowest BCUT2D eigenvalue weighted by atomic mass is 9.97. The molecular formula is C24H23F3N2O3S. The van der Waals surface area contributed by atoms with Crippen LogP contribution in [0.5, 0.6) is 0 Å². The monoisotopic (exact) mass is 476 g/mol. The molecule has 3 aromatic rings. The zero-order chi connectivity index (χ0) is 23.8. The average molecular weight is 477 g/mol. The second-order valence-corrected chi connectivity index (χ2v) is 10.0. The summed E-state index contributed by atoms with van der Waals surface area (Å²) in [7, 11) is -3.56. The third kappa shape index (κ3) is 4.90. The second kappa shape index (κ2) is 9.17. The predicted molar refractivity (Wildman–Crippen MR) is 120 cm³/mol. The average Bonchev–Trinajstić information content (AvgIpc) is 2.78. The first-order valence-electron chi connectivity index (χ1n) is 10.4. The molecule has 9 heteroatoms. The molecule has 1 saturated heterocycles. The molecule has 0 saturated carbocycles. The van der Waals surface area contributed by atoms with Crippen molar-refractivity contribution >= 4 is 15.5 Å². The summed E-state index contributed by atoms with van der Waals surface area (Å²) in [6.07, 6.45) is -0.140. The lowest BCUT2D eigenvalue weighted by molar-refractivity contribution is -0.00140. The van der Waals surface area contributed by atoms with E-state index in [0.717, 1.165) is 12.3 Å². The van der Waals surface area contributed by atoms with Crippen molar-refractivity contribution in [1.29, 1.82) is 0 Å². The number of rotatable bonds is 5. The van der Waals surface area contributed by atoms with Crippen LogP contribution in [0.4, 0.5) is 18.9 Å². The van der Waals surface area contributed by atoms with E-state index in [0.29, 0.717) is 31.7 Å². The quantitative estimate of drug-likeness (QED) is 0.604. The van der Waals surface area contributed by atoms with Crippen molar-refractivity contribution in [2.75, 3.05) is 37.3 Å². The Morgan fingerprint density at radius 1 is 0.848 bits per heavy atom. The first-order chi connectivity index (χ1) is 15.6. The predicted octanol–water partition coefficient (Wildman–Crippen LogP) is 3.99. The van der Waals surface area contributed by atoms with Crippen molar-refractivity contribution in [3.8, 4) is 11.1 Å². The van der Waals surface area contributed by atoms with Crippen molar-refractivity contribution in [3.05, 3.63) is 83.7 Å². The van der Waals surface area contributed by atoms with E-state index in [1.807, 2.05) is 0 Å². The van der Waals surface area contributed by atoms with Gasteiger partial charge in [-0.1, -0.05) is 24.3 Å². The summed E-state index contributed by atoms with van der Waals surface area (Å²) in [5, 5.41) is 11.2. The van der Waals surface area contributed by atoms with Crippen LogP contribution < -0.4 is 4.90 Å². The van der Waals surface area contributed by atoms with Gasteiger partial charge in [-0.2, -0.15) is 0 Å². The molecule has 1 unspecified atom stereocenters. The third-order valence-electron chi connectivity index (χ3n) is 5.80. The molecule has 3 aromatic carbocycles. The zero-order valence-corrected chi connectivity index (χ0v) is 18.7. The molecule has 174 valence electrons. The minimum atomic E-state index is -3.56. The summed E-state index contributed by atoms with van der Waals surface area (Å²) in [6, 6.07) is 13.7. The van der Waals surface area contributed by atoms with Crippen molar-refractivity contribution in [2.24, 2.45) is 0 Å². The minimum Gasteiger partial charge on any atom is -0.374 e. The summed E-state index contributed by atoms with van der Waals surface area (Å²) < 4.78 is 66.1. The highest BCUT2D eigenvalue weighted by Gasteiger charge is 2.28. The van der Waals surface area contributed by atoms with Crippen molar-refractivity contribution in [3.63, 3.8) is 0 Å². The highest BCUT2D eigenvalue weighted by Crippen LogP contribution is 2.34. The second-order valence-electron chi connectivity index (χ2n) is 7.99. The number of halogens is 3. The van der Waals surface area contributed by atoms with Gasteiger partial charge in [-0.3, -0.25) is 4.90 Å². The molecule has 1 fully saturated rings. The van der Waals surface area contributed by atoms with E-state index in [4.69, 9.17) is 0 Å². The number of sulfone groups is 1. The maximum absolute atomic E-state index is 14.5. The Balaban J connectivity index is 1.63. The van der Waals surface area contributed by atoms with E-state index in [9.17, 15) is 26.7 Å². The maximum atomic E-state index is 14.5. The van der Waals surface area contributed by atoms with Gasteiger partial charge in [0.15, 0.2) is 9.84 Å². The number of aliphatic hydroxyl groups excluding tert-OH is 1. The molecular weight excluding hydrogens is 453 g/mol.